The fourth-order valence-electron chi connectivity index (χ4n) is 3.17. The molecule has 1 aliphatic carbocycles. The van der Waals surface area contributed by atoms with Crippen LogP contribution in [0, 0.1) is 5.92 Å². The Kier molecular flexibility index (Phi) is 5.50. The van der Waals surface area contributed by atoms with E-state index in [9.17, 15) is 0 Å². The highest BCUT2D eigenvalue weighted by Gasteiger charge is 2.28. The number of unbranched alkanes of at least 4 members (excludes halogenated alkanes) is 2. The monoisotopic (exact) mass is 258 g/mol. The Balaban J connectivity index is 2.07. The van der Waals surface area contributed by atoms with Gasteiger partial charge < -0.3 is 4.74 Å². The van der Waals surface area contributed by atoms with Gasteiger partial charge in [0.1, 0.15) is 5.75 Å². The van der Waals surface area contributed by atoms with Crippen LogP contribution in [0.25, 0.3) is 0 Å². The lowest BCUT2D eigenvalue weighted by Gasteiger charge is -2.19. The Bertz CT molecular complexity index is 408. The topological polar surface area (TPSA) is 9.23 Å². The van der Waals surface area contributed by atoms with E-state index in [1.807, 2.05) is 0 Å². The number of allylic oxidation sites excluding steroid dienone is 2. The second kappa shape index (κ2) is 7.37. The van der Waals surface area contributed by atoms with Crippen molar-refractivity contribution in [3.8, 4) is 5.75 Å². The Morgan fingerprint density at radius 2 is 2.11 bits per heavy atom. The van der Waals surface area contributed by atoms with Crippen LogP contribution in [0.15, 0.2) is 36.4 Å². The largest absolute Gasteiger partial charge is 0.496 e. The minimum absolute atomic E-state index is 0.647. The average molecular weight is 258 g/mol. The van der Waals surface area contributed by atoms with Gasteiger partial charge >= 0.3 is 0 Å². The fraction of sp³-hybridized carbons (Fsp3) is 0.556. The summed E-state index contributed by atoms with van der Waals surface area (Å²) in [5.41, 5.74) is 1.40. The number of methoxy groups -OCH3 is 1. The van der Waals surface area contributed by atoms with Gasteiger partial charge in [0.05, 0.1) is 7.11 Å². The van der Waals surface area contributed by atoms with E-state index >= 15 is 0 Å². The number of benzene rings is 1. The van der Waals surface area contributed by atoms with Crippen molar-refractivity contribution in [1.82, 2.24) is 0 Å². The summed E-state index contributed by atoms with van der Waals surface area (Å²) in [5, 5.41) is 0. The van der Waals surface area contributed by atoms with Crippen molar-refractivity contribution in [2.45, 2.75) is 51.4 Å². The zero-order valence-corrected chi connectivity index (χ0v) is 12.3. The second-order valence-electron chi connectivity index (χ2n) is 5.51. The predicted octanol–water partition coefficient (Wildman–Crippen LogP) is 5.33. The lowest BCUT2D eigenvalue weighted by molar-refractivity contribution is 0.402. The molecule has 104 valence electrons. The standard InChI is InChI=1S/C18H26O/c1-3-4-5-6-10-15-11-9-13-16(15)17-12-7-8-14-18(17)19-2/h6-8,10,12,14-16H,3-5,9,11,13H2,1-2H3/b10-6+/t15-,16-/m1/s1. The first-order valence-electron chi connectivity index (χ1n) is 7.66. The average Bonchev–Trinajstić information content (AvgIpc) is 2.92. The molecule has 19 heavy (non-hydrogen) atoms. The summed E-state index contributed by atoms with van der Waals surface area (Å²) in [7, 11) is 1.78. The molecule has 1 aromatic rings. The molecule has 0 amide bonds. The summed E-state index contributed by atoms with van der Waals surface area (Å²) in [6.45, 7) is 2.25. The van der Waals surface area contributed by atoms with Gasteiger partial charge in [0.15, 0.2) is 0 Å². The molecule has 0 unspecified atom stereocenters. The van der Waals surface area contributed by atoms with E-state index in [1.165, 1.54) is 44.1 Å². The first-order valence-corrected chi connectivity index (χ1v) is 7.66. The van der Waals surface area contributed by atoms with Crippen molar-refractivity contribution in [3.05, 3.63) is 42.0 Å². The normalized spacial score (nSPS) is 23.1. The maximum Gasteiger partial charge on any atom is 0.122 e. The molecular weight excluding hydrogens is 232 g/mol. The molecule has 0 heterocycles. The third-order valence-corrected chi connectivity index (χ3v) is 4.22. The van der Waals surface area contributed by atoms with Crippen LogP contribution in [0.2, 0.25) is 0 Å². The molecule has 0 spiro atoms. The molecule has 0 N–H and O–H groups in total. The molecule has 0 aromatic heterocycles. The SMILES string of the molecule is CCCC/C=C/[C@@H]1CCC[C@H]1c1ccccc1OC. The zero-order chi connectivity index (χ0) is 13.5. The minimum atomic E-state index is 0.647. The number of rotatable bonds is 6. The van der Waals surface area contributed by atoms with Gasteiger partial charge in [0.25, 0.3) is 0 Å². The van der Waals surface area contributed by atoms with E-state index in [4.69, 9.17) is 4.74 Å². The molecule has 2 rings (SSSR count). The highest BCUT2D eigenvalue weighted by molar-refractivity contribution is 5.37. The first kappa shape index (κ1) is 14.2. The van der Waals surface area contributed by atoms with Crippen molar-refractivity contribution in [2.75, 3.05) is 7.11 Å². The van der Waals surface area contributed by atoms with Crippen molar-refractivity contribution in [1.29, 1.82) is 0 Å². The minimum Gasteiger partial charge on any atom is -0.496 e. The van der Waals surface area contributed by atoms with Crippen molar-refractivity contribution in [2.24, 2.45) is 5.92 Å². The molecule has 2 atom stereocenters. The molecule has 1 saturated carbocycles. The van der Waals surface area contributed by atoms with Gasteiger partial charge in [-0.25, -0.2) is 0 Å². The molecule has 0 radical (unpaired) electrons. The third-order valence-electron chi connectivity index (χ3n) is 4.22. The van der Waals surface area contributed by atoms with Gasteiger partial charge in [0.2, 0.25) is 0 Å². The second-order valence-corrected chi connectivity index (χ2v) is 5.51. The molecule has 1 fully saturated rings. The summed E-state index contributed by atoms with van der Waals surface area (Å²) in [6, 6.07) is 8.52. The Morgan fingerprint density at radius 3 is 2.89 bits per heavy atom. The van der Waals surface area contributed by atoms with E-state index in [2.05, 4.69) is 43.3 Å². The van der Waals surface area contributed by atoms with Gasteiger partial charge in [-0.05, 0) is 42.7 Å². The van der Waals surface area contributed by atoms with E-state index in [0.717, 1.165) is 5.75 Å². The number of para-hydroxylation sites is 1. The Morgan fingerprint density at radius 1 is 1.26 bits per heavy atom. The van der Waals surface area contributed by atoms with E-state index < -0.39 is 0 Å². The first-order chi connectivity index (χ1) is 9.36. The Hall–Kier alpha value is -1.24. The smallest absolute Gasteiger partial charge is 0.122 e. The van der Waals surface area contributed by atoms with Crippen molar-refractivity contribution >= 4 is 0 Å². The summed E-state index contributed by atoms with van der Waals surface area (Å²) in [4.78, 5) is 0. The summed E-state index contributed by atoms with van der Waals surface area (Å²) >= 11 is 0. The van der Waals surface area contributed by atoms with Gasteiger partial charge in [-0.1, -0.05) is 56.5 Å². The van der Waals surface area contributed by atoms with Crippen molar-refractivity contribution < 1.29 is 4.74 Å². The van der Waals surface area contributed by atoms with Crippen LogP contribution in [0.4, 0.5) is 0 Å². The summed E-state index contributed by atoms with van der Waals surface area (Å²) < 4.78 is 5.53. The highest BCUT2D eigenvalue weighted by Crippen LogP contribution is 2.43. The van der Waals surface area contributed by atoms with Crippen LogP contribution >= 0.6 is 0 Å². The maximum atomic E-state index is 5.53. The quantitative estimate of drug-likeness (QED) is 0.495. The van der Waals surface area contributed by atoms with Crippen LogP contribution in [-0.2, 0) is 0 Å². The predicted molar refractivity (Wildman–Crippen MR) is 81.7 cm³/mol. The number of ether oxygens (including phenoxy) is 1. The van der Waals surface area contributed by atoms with Crippen LogP contribution < -0.4 is 4.74 Å². The highest BCUT2D eigenvalue weighted by atomic mass is 16.5. The van der Waals surface area contributed by atoms with Gasteiger partial charge in [-0.15, -0.1) is 0 Å². The third kappa shape index (κ3) is 3.62. The maximum absolute atomic E-state index is 5.53. The van der Waals surface area contributed by atoms with Gasteiger partial charge in [-0.2, -0.15) is 0 Å². The van der Waals surface area contributed by atoms with Crippen LogP contribution in [-0.4, -0.2) is 7.11 Å². The molecule has 0 bridgehead atoms. The van der Waals surface area contributed by atoms with Crippen molar-refractivity contribution in [3.63, 3.8) is 0 Å². The van der Waals surface area contributed by atoms with Gasteiger partial charge in [-0.3, -0.25) is 0 Å². The Labute approximate surface area is 117 Å². The van der Waals surface area contributed by atoms with E-state index in [-0.39, 0.29) is 0 Å². The van der Waals surface area contributed by atoms with Gasteiger partial charge in [0, 0.05) is 0 Å². The van der Waals surface area contributed by atoms with Crippen LogP contribution in [0.1, 0.15) is 56.9 Å². The molecule has 1 aromatic carbocycles. The lowest BCUT2D eigenvalue weighted by atomic mass is 9.88. The molecule has 0 aliphatic heterocycles. The summed E-state index contributed by atoms with van der Waals surface area (Å²) in [6.07, 6.45) is 12.6. The van der Waals surface area contributed by atoms with E-state index in [1.54, 1.807) is 7.11 Å². The number of hydrogen-bond donors (Lipinski definition) is 0. The molecule has 1 nitrogen and oxygen atoms in total. The summed E-state index contributed by atoms with van der Waals surface area (Å²) in [5.74, 6) is 2.41. The van der Waals surface area contributed by atoms with Crippen LogP contribution in [0.5, 0.6) is 5.75 Å². The molecule has 1 aliphatic rings. The van der Waals surface area contributed by atoms with Crippen LogP contribution in [0.3, 0.4) is 0 Å². The molecule has 0 saturated heterocycles. The fourth-order valence-corrected chi connectivity index (χ4v) is 3.17. The molecular formula is C18H26O. The molecule has 1 heteroatoms. The number of hydrogen-bond acceptors (Lipinski definition) is 1. The lowest BCUT2D eigenvalue weighted by Crippen LogP contribution is -2.05. The van der Waals surface area contributed by atoms with E-state index in [0.29, 0.717) is 11.8 Å². The zero-order valence-electron chi connectivity index (χ0n) is 12.3.